The molecule has 7 nitrogen and oxygen atoms in total. The highest BCUT2D eigenvalue weighted by atomic mass is 32.1. The van der Waals surface area contributed by atoms with Gasteiger partial charge in [0.15, 0.2) is 0 Å². The average Bonchev–Trinajstić information content (AvgIpc) is 3.53. The lowest BCUT2D eigenvalue weighted by molar-refractivity contribution is -0.137. The van der Waals surface area contributed by atoms with Crippen LogP contribution in [0.5, 0.6) is 5.75 Å². The van der Waals surface area contributed by atoms with Crippen molar-refractivity contribution in [3.63, 3.8) is 0 Å². The molecule has 0 spiro atoms. The minimum Gasteiger partial charge on any atom is -0.496 e. The first-order chi connectivity index (χ1) is 17.3. The van der Waals surface area contributed by atoms with E-state index in [-0.39, 0.29) is 11.7 Å². The second-order valence-electron chi connectivity index (χ2n) is 10.1. The fraction of sp³-hybridized carbons (Fsp3) is 0.560. The van der Waals surface area contributed by atoms with E-state index in [4.69, 9.17) is 14.8 Å². The number of benzene rings is 1. The Morgan fingerprint density at radius 3 is 2.56 bits per heavy atom. The molecule has 1 aromatic carbocycles. The molecule has 1 N–H and O–H groups in total. The quantitative estimate of drug-likeness (QED) is 0.493. The molecule has 2 fully saturated rings. The van der Waals surface area contributed by atoms with Gasteiger partial charge < -0.3 is 15.0 Å². The second-order valence-corrected chi connectivity index (χ2v) is 10.9. The first-order valence-electron chi connectivity index (χ1n) is 12.4. The summed E-state index contributed by atoms with van der Waals surface area (Å²) in [6.07, 6.45) is -0.394. The number of ether oxygens (including phenoxy) is 1. The molecule has 2 aliphatic heterocycles. The molecule has 3 aliphatic rings. The van der Waals surface area contributed by atoms with Crippen molar-refractivity contribution >= 4 is 22.5 Å². The monoisotopic (exact) mass is 518 g/mol. The van der Waals surface area contributed by atoms with Gasteiger partial charge in [-0.25, -0.2) is 4.68 Å². The van der Waals surface area contributed by atoms with Gasteiger partial charge in [-0.05, 0) is 74.2 Å². The van der Waals surface area contributed by atoms with E-state index in [0.29, 0.717) is 23.8 Å². The number of hydrogen-bond acceptors (Lipinski definition) is 7. The van der Waals surface area contributed by atoms with Crippen LogP contribution in [-0.2, 0) is 12.7 Å². The first kappa shape index (κ1) is 23.6. The number of nitrogens with zero attached hydrogens (tertiary/aromatic N) is 5. The first-order valence-corrected chi connectivity index (χ1v) is 13.2. The van der Waals surface area contributed by atoms with Gasteiger partial charge in [0.1, 0.15) is 16.6 Å². The van der Waals surface area contributed by atoms with E-state index in [1.807, 2.05) is 11.6 Å². The van der Waals surface area contributed by atoms with Gasteiger partial charge in [0.25, 0.3) is 0 Å². The maximum atomic E-state index is 13.2. The third kappa shape index (κ3) is 4.21. The van der Waals surface area contributed by atoms with Gasteiger partial charge in [-0.2, -0.15) is 22.5 Å². The zero-order valence-corrected chi connectivity index (χ0v) is 21.1. The Morgan fingerprint density at radius 2 is 1.89 bits per heavy atom. The molecule has 4 atom stereocenters. The molecule has 6 rings (SSSR count). The zero-order chi connectivity index (χ0) is 25.0. The second kappa shape index (κ2) is 8.93. The standard InChI is InChI=1S/C25H29F3N6OS/c1-14-10-21(36-32-14)33-12-15-5-6-16(13-33)22(15)29-24-30-23-19(4-3-9-34(23)31-24)18-8-7-17(25(26,27)28)11-20(18)35-2/h7-8,10-11,15-16,19,22H,3-6,9,12-13H2,1-2H3,(H,29,31)/t15-,16+,19?,22-. The number of aryl methyl sites for hydroxylation is 2. The molecular weight excluding hydrogens is 489 g/mol. The smallest absolute Gasteiger partial charge is 0.416 e. The van der Waals surface area contributed by atoms with Gasteiger partial charge in [0.05, 0.1) is 18.4 Å². The van der Waals surface area contributed by atoms with Crippen LogP contribution in [0.1, 0.15) is 54.2 Å². The summed E-state index contributed by atoms with van der Waals surface area (Å²) >= 11 is 1.57. The molecule has 1 aliphatic carbocycles. The maximum Gasteiger partial charge on any atom is 0.416 e. The van der Waals surface area contributed by atoms with Crippen LogP contribution in [0.3, 0.4) is 0 Å². The lowest BCUT2D eigenvalue weighted by Gasteiger charge is -2.38. The summed E-state index contributed by atoms with van der Waals surface area (Å²) in [7, 11) is 1.41. The van der Waals surface area contributed by atoms with Gasteiger partial charge in [-0.1, -0.05) is 6.07 Å². The molecule has 11 heteroatoms. The molecule has 2 bridgehead atoms. The summed E-state index contributed by atoms with van der Waals surface area (Å²) in [6.45, 7) is 4.77. The predicted molar refractivity (Wildman–Crippen MR) is 132 cm³/mol. The number of rotatable bonds is 5. The third-order valence-electron chi connectivity index (χ3n) is 7.87. The summed E-state index contributed by atoms with van der Waals surface area (Å²) in [5, 5.41) is 9.65. The summed E-state index contributed by atoms with van der Waals surface area (Å²) in [5.41, 5.74) is 1.08. The van der Waals surface area contributed by atoms with E-state index in [2.05, 4.69) is 20.7 Å². The Balaban J connectivity index is 1.22. The van der Waals surface area contributed by atoms with Crippen molar-refractivity contribution in [1.29, 1.82) is 0 Å². The molecule has 3 aromatic rings. The van der Waals surface area contributed by atoms with E-state index < -0.39 is 11.7 Å². The maximum absolute atomic E-state index is 13.2. The molecule has 192 valence electrons. The Bertz CT molecular complexity index is 1240. The predicted octanol–water partition coefficient (Wildman–Crippen LogP) is 5.32. The van der Waals surface area contributed by atoms with Crippen molar-refractivity contribution in [2.45, 2.75) is 57.3 Å². The van der Waals surface area contributed by atoms with Crippen LogP contribution >= 0.6 is 11.5 Å². The van der Waals surface area contributed by atoms with Crippen LogP contribution in [0.15, 0.2) is 24.3 Å². The zero-order valence-electron chi connectivity index (χ0n) is 20.3. The van der Waals surface area contributed by atoms with Gasteiger partial charge >= 0.3 is 6.18 Å². The van der Waals surface area contributed by atoms with E-state index in [0.717, 1.165) is 61.7 Å². The summed E-state index contributed by atoms with van der Waals surface area (Å²) < 4.78 is 51.4. The number of halogens is 3. The number of piperidine rings is 1. The molecule has 1 unspecified atom stereocenters. The number of methoxy groups -OCH3 is 1. The van der Waals surface area contributed by atoms with Crippen molar-refractivity contribution < 1.29 is 17.9 Å². The van der Waals surface area contributed by atoms with Crippen LogP contribution in [0.25, 0.3) is 0 Å². The number of anilines is 2. The SMILES string of the molecule is COc1cc(C(F)(F)F)ccc1C1CCCn2nc(N[C@@H]3[C@@H]4CC[C@H]3CN(c3cc(C)ns3)C4)nc21. The Morgan fingerprint density at radius 1 is 1.11 bits per heavy atom. The van der Waals surface area contributed by atoms with Gasteiger partial charge in [-0.15, -0.1) is 5.10 Å². The van der Waals surface area contributed by atoms with Crippen molar-refractivity contribution in [1.82, 2.24) is 19.1 Å². The lowest BCUT2D eigenvalue weighted by Crippen LogP contribution is -2.48. The number of alkyl halides is 3. The molecule has 36 heavy (non-hydrogen) atoms. The van der Waals surface area contributed by atoms with E-state index >= 15 is 0 Å². The largest absolute Gasteiger partial charge is 0.496 e. The summed E-state index contributed by atoms with van der Waals surface area (Å²) in [6, 6.07) is 6.22. The van der Waals surface area contributed by atoms with Gasteiger partial charge in [0.2, 0.25) is 5.95 Å². The Kier molecular flexibility index (Phi) is 5.85. The van der Waals surface area contributed by atoms with Crippen molar-refractivity contribution in [3.8, 4) is 5.75 Å². The molecule has 4 heterocycles. The average molecular weight is 519 g/mol. The molecule has 1 saturated heterocycles. The highest BCUT2D eigenvalue weighted by molar-refractivity contribution is 7.10. The Hall–Kier alpha value is -2.82. The third-order valence-corrected chi connectivity index (χ3v) is 8.81. The number of aromatic nitrogens is 4. The molecule has 2 aromatic heterocycles. The van der Waals surface area contributed by atoms with E-state index in [1.54, 1.807) is 11.5 Å². The van der Waals surface area contributed by atoms with Crippen molar-refractivity contribution in [2.24, 2.45) is 11.8 Å². The summed E-state index contributed by atoms with van der Waals surface area (Å²) in [4.78, 5) is 7.33. The minimum absolute atomic E-state index is 0.160. The Labute approximate surface area is 211 Å². The highest BCUT2D eigenvalue weighted by Crippen LogP contribution is 2.43. The van der Waals surface area contributed by atoms with Crippen molar-refractivity contribution in [2.75, 3.05) is 30.4 Å². The van der Waals surface area contributed by atoms with E-state index in [1.165, 1.54) is 31.0 Å². The molecule has 1 saturated carbocycles. The number of fused-ring (bicyclic) bond motifs is 3. The summed E-state index contributed by atoms with van der Waals surface area (Å²) in [5.74, 6) is 2.50. The highest BCUT2D eigenvalue weighted by Gasteiger charge is 2.43. The van der Waals surface area contributed by atoms with Gasteiger partial charge in [-0.3, -0.25) is 0 Å². The van der Waals surface area contributed by atoms with Gasteiger partial charge in [0, 0.05) is 37.2 Å². The molecular formula is C25H29F3N6OS. The number of nitrogens with one attached hydrogen (secondary N) is 1. The van der Waals surface area contributed by atoms with Crippen LogP contribution in [-0.4, -0.2) is 45.4 Å². The van der Waals surface area contributed by atoms with Crippen molar-refractivity contribution in [3.05, 3.63) is 46.9 Å². The van der Waals surface area contributed by atoms with Crippen LogP contribution in [0.2, 0.25) is 0 Å². The fourth-order valence-corrected chi connectivity index (χ4v) is 6.95. The topological polar surface area (TPSA) is 68.1 Å². The molecule has 0 amide bonds. The fourth-order valence-electron chi connectivity index (χ4n) is 6.17. The van der Waals surface area contributed by atoms with Crippen LogP contribution in [0, 0.1) is 18.8 Å². The number of hydrogen-bond donors (Lipinski definition) is 1. The lowest BCUT2D eigenvalue weighted by atomic mass is 9.89. The van der Waals surface area contributed by atoms with E-state index in [9.17, 15) is 13.2 Å². The molecule has 0 radical (unpaired) electrons. The van der Waals surface area contributed by atoms with Crippen LogP contribution < -0.4 is 15.0 Å². The van der Waals surface area contributed by atoms with Crippen LogP contribution in [0.4, 0.5) is 24.1 Å². The normalized spacial score (nSPS) is 25.6. The minimum atomic E-state index is -4.41.